The van der Waals surface area contributed by atoms with E-state index in [9.17, 15) is 9.59 Å². The normalized spacial score (nSPS) is 23.1. The summed E-state index contributed by atoms with van der Waals surface area (Å²) in [6.45, 7) is 6.15. The van der Waals surface area contributed by atoms with E-state index in [4.69, 9.17) is 4.74 Å². The minimum absolute atomic E-state index is 0.106. The molecule has 0 N–H and O–H groups in total. The lowest BCUT2D eigenvalue weighted by molar-refractivity contribution is -0.128. The van der Waals surface area contributed by atoms with Gasteiger partial charge in [-0.1, -0.05) is 29.8 Å². The van der Waals surface area contributed by atoms with Crippen LogP contribution in [0, 0.1) is 5.92 Å². The first-order valence-corrected chi connectivity index (χ1v) is 5.99. The van der Waals surface area contributed by atoms with Crippen LogP contribution in [-0.2, 0) is 9.53 Å². The summed E-state index contributed by atoms with van der Waals surface area (Å²) in [5, 5.41) is 0. The van der Waals surface area contributed by atoms with Gasteiger partial charge in [-0.3, -0.25) is 4.79 Å². The number of hydrogen-bond acceptors (Lipinski definition) is 3. The molecule has 15 heavy (non-hydrogen) atoms. The molecule has 1 heterocycles. The van der Waals surface area contributed by atoms with Crippen molar-refractivity contribution < 1.29 is 14.3 Å². The van der Waals surface area contributed by atoms with Gasteiger partial charge in [0.25, 0.3) is 0 Å². The van der Waals surface area contributed by atoms with Gasteiger partial charge >= 0.3 is 6.09 Å². The minimum atomic E-state index is -0.517. The predicted molar refractivity (Wildman–Crippen MR) is 59.8 cm³/mol. The van der Waals surface area contributed by atoms with Crippen LogP contribution in [0.5, 0.6) is 0 Å². The first-order chi connectivity index (χ1) is 6.93. The second-order valence-electron chi connectivity index (χ2n) is 4.18. The van der Waals surface area contributed by atoms with Gasteiger partial charge in [-0.2, -0.15) is 0 Å². The third kappa shape index (κ3) is 2.93. The average molecular weight is 278 g/mol. The fraction of sp³-hybridized carbons (Fsp3) is 0.800. The van der Waals surface area contributed by atoms with E-state index in [1.165, 1.54) is 4.90 Å². The Morgan fingerprint density at radius 1 is 1.60 bits per heavy atom. The van der Waals surface area contributed by atoms with Gasteiger partial charge in [0.15, 0.2) is 0 Å². The van der Waals surface area contributed by atoms with Gasteiger partial charge < -0.3 is 4.74 Å². The van der Waals surface area contributed by atoms with Crippen LogP contribution in [-0.4, -0.2) is 34.4 Å². The summed E-state index contributed by atoms with van der Waals surface area (Å²) in [6.07, 6.45) is 0.272. The number of cyclic esters (lactones) is 1. The Kier molecular flexibility index (Phi) is 4.13. The maximum Gasteiger partial charge on any atom is 0.417 e. The summed E-state index contributed by atoms with van der Waals surface area (Å²) in [7, 11) is 0. The van der Waals surface area contributed by atoms with Gasteiger partial charge in [-0.05, 0) is 19.3 Å². The van der Waals surface area contributed by atoms with E-state index in [1.807, 2.05) is 0 Å². The molecule has 2 atom stereocenters. The molecule has 0 saturated carbocycles. The topological polar surface area (TPSA) is 46.6 Å². The first-order valence-electron chi connectivity index (χ1n) is 5.07. The second-order valence-corrected chi connectivity index (χ2v) is 5.56. The number of ether oxygens (including phenoxy) is 1. The Hall–Kier alpha value is -0.580. The number of carbonyl (C=O) groups is 2. The lowest BCUT2D eigenvalue weighted by atomic mass is 10.0. The fourth-order valence-electron chi connectivity index (χ4n) is 1.64. The zero-order valence-electron chi connectivity index (χ0n) is 9.20. The number of hydrogen-bond donors (Lipinski definition) is 0. The van der Waals surface area contributed by atoms with Gasteiger partial charge in [0.1, 0.15) is 6.61 Å². The lowest BCUT2D eigenvalue weighted by Crippen LogP contribution is -2.42. The molecule has 4 nitrogen and oxygen atoms in total. The molecule has 1 fully saturated rings. The standard InChI is InChI=1S/C10H16BrNO3/c1-6(2)4-8-5-15-10(14)12(8)9(13)7(3)11/h6-8H,4-5H2,1-3H3/t7?,8-/m0/s1. The molecule has 2 amide bonds. The Morgan fingerprint density at radius 2 is 2.20 bits per heavy atom. The van der Waals surface area contributed by atoms with Crippen LogP contribution in [0.3, 0.4) is 0 Å². The van der Waals surface area contributed by atoms with Gasteiger partial charge in [-0.25, -0.2) is 9.69 Å². The van der Waals surface area contributed by atoms with Crippen molar-refractivity contribution in [2.45, 2.75) is 38.1 Å². The molecule has 86 valence electrons. The number of alkyl halides is 1. The molecule has 0 aromatic heterocycles. The third-order valence-corrected chi connectivity index (χ3v) is 2.67. The molecular formula is C10H16BrNO3. The Balaban J connectivity index is 2.73. The first kappa shape index (κ1) is 12.5. The molecule has 1 aliphatic heterocycles. The second kappa shape index (κ2) is 4.96. The highest BCUT2D eigenvalue weighted by Crippen LogP contribution is 2.21. The van der Waals surface area contributed by atoms with Crippen molar-refractivity contribution >= 4 is 27.9 Å². The molecule has 1 rings (SSSR count). The molecule has 0 aliphatic carbocycles. The molecular weight excluding hydrogens is 262 g/mol. The molecule has 1 saturated heterocycles. The van der Waals surface area contributed by atoms with Gasteiger partial charge in [0.2, 0.25) is 5.91 Å². The average Bonchev–Trinajstić information content (AvgIpc) is 2.45. The van der Waals surface area contributed by atoms with Gasteiger partial charge in [0, 0.05) is 0 Å². The molecule has 0 bridgehead atoms. The van der Waals surface area contributed by atoms with Crippen molar-refractivity contribution in [2.75, 3.05) is 6.61 Å². The highest BCUT2D eigenvalue weighted by atomic mass is 79.9. The van der Waals surface area contributed by atoms with E-state index < -0.39 is 6.09 Å². The van der Waals surface area contributed by atoms with Crippen molar-refractivity contribution in [3.05, 3.63) is 0 Å². The minimum Gasteiger partial charge on any atom is -0.447 e. The van der Waals surface area contributed by atoms with Crippen LogP contribution in [0.1, 0.15) is 27.2 Å². The highest BCUT2D eigenvalue weighted by molar-refractivity contribution is 9.10. The van der Waals surface area contributed by atoms with E-state index >= 15 is 0 Å². The smallest absolute Gasteiger partial charge is 0.417 e. The maximum absolute atomic E-state index is 11.7. The van der Waals surface area contributed by atoms with Crippen LogP contribution >= 0.6 is 15.9 Å². The lowest BCUT2D eigenvalue weighted by Gasteiger charge is -2.21. The van der Waals surface area contributed by atoms with Crippen LogP contribution < -0.4 is 0 Å². The van der Waals surface area contributed by atoms with E-state index in [0.717, 1.165) is 6.42 Å². The predicted octanol–water partition coefficient (Wildman–Crippen LogP) is 2.16. The van der Waals surface area contributed by atoms with Crippen molar-refractivity contribution in [3.63, 3.8) is 0 Å². The van der Waals surface area contributed by atoms with Crippen molar-refractivity contribution in [2.24, 2.45) is 5.92 Å². The maximum atomic E-state index is 11.7. The summed E-state index contributed by atoms with van der Waals surface area (Å²) in [6, 6.07) is -0.106. The number of halogens is 1. The Morgan fingerprint density at radius 3 is 2.67 bits per heavy atom. The zero-order valence-corrected chi connectivity index (χ0v) is 10.8. The molecule has 5 heteroatoms. The van der Waals surface area contributed by atoms with Crippen molar-refractivity contribution in [1.29, 1.82) is 0 Å². The Labute approximate surface area is 98.1 Å². The SMILES string of the molecule is CC(C)C[C@H]1COC(=O)N1C(=O)C(C)Br. The third-order valence-electron chi connectivity index (χ3n) is 2.28. The molecule has 1 unspecified atom stereocenters. The van der Waals surface area contributed by atoms with Crippen molar-refractivity contribution in [3.8, 4) is 0 Å². The highest BCUT2D eigenvalue weighted by Gasteiger charge is 2.39. The van der Waals surface area contributed by atoms with Crippen molar-refractivity contribution in [1.82, 2.24) is 4.90 Å². The molecule has 0 aromatic carbocycles. The summed E-state index contributed by atoms with van der Waals surface area (Å²) >= 11 is 3.17. The number of nitrogens with zero attached hydrogens (tertiary/aromatic N) is 1. The van der Waals surface area contributed by atoms with Crippen LogP contribution in [0.15, 0.2) is 0 Å². The molecule has 0 spiro atoms. The quantitative estimate of drug-likeness (QED) is 0.743. The number of carbonyl (C=O) groups excluding carboxylic acids is 2. The summed E-state index contributed by atoms with van der Waals surface area (Å²) in [5.41, 5.74) is 0. The van der Waals surface area contributed by atoms with Gasteiger partial charge in [-0.15, -0.1) is 0 Å². The molecule has 1 aliphatic rings. The Bertz CT molecular complexity index is 265. The number of rotatable bonds is 3. The van der Waals surface area contributed by atoms with Crippen LogP contribution in [0.25, 0.3) is 0 Å². The number of imide groups is 1. The van der Waals surface area contributed by atoms with E-state index in [2.05, 4.69) is 29.8 Å². The summed E-state index contributed by atoms with van der Waals surface area (Å²) in [4.78, 5) is 24.0. The molecule has 0 aromatic rings. The van der Waals surface area contributed by atoms with E-state index in [-0.39, 0.29) is 16.8 Å². The zero-order chi connectivity index (χ0) is 11.6. The fourth-order valence-corrected chi connectivity index (χ4v) is 1.86. The largest absolute Gasteiger partial charge is 0.447 e. The van der Waals surface area contributed by atoms with E-state index in [1.54, 1.807) is 6.92 Å². The summed E-state index contributed by atoms with van der Waals surface area (Å²) < 4.78 is 4.90. The molecule has 0 radical (unpaired) electrons. The number of amides is 2. The van der Waals surface area contributed by atoms with E-state index in [0.29, 0.717) is 12.5 Å². The van der Waals surface area contributed by atoms with Crippen LogP contribution in [0.4, 0.5) is 4.79 Å². The monoisotopic (exact) mass is 277 g/mol. The summed E-state index contributed by atoms with van der Waals surface area (Å²) in [5.74, 6) is 0.216. The van der Waals surface area contributed by atoms with Gasteiger partial charge in [0.05, 0.1) is 10.9 Å². The van der Waals surface area contributed by atoms with Crippen LogP contribution in [0.2, 0.25) is 0 Å².